The van der Waals surface area contributed by atoms with Gasteiger partial charge < -0.3 is 4.74 Å². The summed E-state index contributed by atoms with van der Waals surface area (Å²) in [7, 11) is 0. The quantitative estimate of drug-likeness (QED) is 0.785. The summed E-state index contributed by atoms with van der Waals surface area (Å²) in [5.74, 6) is -0.748. The lowest BCUT2D eigenvalue weighted by molar-refractivity contribution is -0.241. The number of ether oxygens (including phenoxy) is 1. The normalized spacial score (nSPS) is 17.7. The third-order valence-electron chi connectivity index (χ3n) is 2.20. The number of thioether (sulfide) groups is 1. The molecule has 4 nitrogen and oxygen atoms in total. The molecule has 0 fully saturated rings. The highest BCUT2D eigenvalue weighted by molar-refractivity contribution is 8.14. The summed E-state index contributed by atoms with van der Waals surface area (Å²) in [5.41, 5.74) is 0.355. The molecule has 20 heavy (non-hydrogen) atoms. The van der Waals surface area contributed by atoms with Crippen LogP contribution in [-0.2, 0) is 4.74 Å². The number of hydrazone groups is 1. The van der Waals surface area contributed by atoms with Gasteiger partial charge in [0.1, 0.15) is 0 Å². The minimum atomic E-state index is -5.13. The average Bonchev–Trinajstić information content (AvgIpc) is 2.41. The molecule has 0 saturated heterocycles. The summed E-state index contributed by atoms with van der Waals surface area (Å²) in [5, 5.41) is 3.99. The van der Waals surface area contributed by atoms with Crippen molar-refractivity contribution in [2.75, 3.05) is 10.8 Å². The average molecular weight is 308 g/mol. The number of hydrogen-bond acceptors (Lipinski definition) is 4. The number of anilines is 1. The van der Waals surface area contributed by atoms with Gasteiger partial charge in [0.2, 0.25) is 5.90 Å². The SMILES string of the molecule is O=C1SCC(OC(F)C(F)(F)F)=NN1c1ccccc1. The fourth-order valence-electron chi connectivity index (χ4n) is 1.34. The Morgan fingerprint density at radius 2 is 1.95 bits per heavy atom. The van der Waals surface area contributed by atoms with Gasteiger partial charge in [0, 0.05) is 0 Å². The van der Waals surface area contributed by atoms with E-state index in [1.54, 1.807) is 30.3 Å². The van der Waals surface area contributed by atoms with Crippen LogP contribution in [0.15, 0.2) is 35.4 Å². The largest absolute Gasteiger partial charge is 0.457 e. The number of nitrogens with zero attached hydrogens (tertiary/aromatic N) is 2. The molecule has 9 heteroatoms. The molecule has 0 spiro atoms. The van der Waals surface area contributed by atoms with E-state index in [0.29, 0.717) is 17.4 Å². The number of alkyl halides is 4. The lowest BCUT2D eigenvalue weighted by Gasteiger charge is -2.23. The van der Waals surface area contributed by atoms with E-state index >= 15 is 0 Å². The van der Waals surface area contributed by atoms with Gasteiger partial charge in [-0.1, -0.05) is 30.0 Å². The maximum atomic E-state index is 12.8. The maximum absolute atomic E-state index is 12.8. The standard InChI is InChI=1S/C11H8F4N2O2S/c12-9(11(13,14)15)19-8-6-20-10(18)17(16-8)7-4-2-1-3-5-7/h1-5,9H,6H2. The van der Waals surface area contributed by atoms with Gasteiger partial charge in [-0.05, 0) is 12.1 Å². The van der Waals surface area contributed by atoms with Gasteiger partial charge in [-0.25, -0.2) is 0 Å². The first-order valence-electron chi connectivity index (χ1n) is 5.35. The first-order valence-corrected chi connectivity index (χ1v) is 6.33. The van der Waals surface area contributed by atoms with Crippen molar-refractivity contribution in [1.82, 2.24) is 0 Å². The van der Waals surface area contributed by atoms with Crippen molar-refractivity contribution in [3.63, 3.8) is 0 Å². The highest BCUT2D eigenvalue weighted by Gasteiger charge is 2.43. The van der Waals surface area contributed by atoms with Crippen molar-refractivity contribution in [3.05, 3.63) is 30.3 Å². The van der Waals surface area contributed by atoms with Crippen LogP contribution in [0.2, 0.25) is 0 Å². The zero-order valence-electron chi connectivity index (χ0n) is 9.80. The molecule has 1 amide bonds. The number of halogens is 4. The van der Waals surface area contributed by atoms with Gasteiger partial charge in [0.05, 0.1) is 11.4 Å². The molecule has 0 aromatic heterocycles. The smallest absolute Gasteiger partial charge is 0.436 e. The first kappa shape index (κ1) is 14.6. The minimum Gasteiger partial charge on any atom is -0.436 e. The van der Waals surface area contributed by atoms with Crippen molar-refractivity contribution in [2.45, 2.75) is 12.5 Å². The van der Waals surface area contributed by atoms with Gasteiger partial charge in [-0.3, -0.25) is 4.79 Å². The van der Waals surface area contributed by atoms with Gasteiger partial charge >= 0.3 is 17.8 Å². The highest BCUT2D eigenvalue weighted by atomic mass is 32.2. The lowest BCUT2D eigenvalue weighted by Crippen LogP contribution is -2.35. The Morgan fingerprint density at radius 1 is 1.30 bits per heavy atom. The number of benzene rings is 1. The van der Waals surface area contributed by atoms with Crippen LogP contribution in [0.4, 0.5) is 28.0 Å². The van der Waals surface area contributed by atoms with Crippen LogP contribution in [0.5, 0.6) is 0 Å². The lowest BCUT2D eigenvalue weighted by atomic mass is 10.3. The van der Waals surface area contributed by atoms with E-state index in [4.69, 9.17) is 0 Å². The van der Waals surface area contributed by atoms with E-state index in [0.717, 1.165) is 5.01 Å². The summed E-state index contributed by atoms with van der Waals surface area (Å²) in [6, 6.07) is 8.05. The molecule has 0 aliphatic carbocycles. The fraction of sp³-hybridized carbons (Fsp3) is 0.273. The summed E-state index contributed by atoms with van der Waals surface area (Å²) in [6.07, 6.45) is -8.60. The van der Waals surface area contributed by atoms with Crippen molar-refractivity contribution in [1.29, 1.82) is 0 Å². The van der Waals surface area contributed by atoms with Crippen molar-refractivity contribution < 1.29 is 27.1 Å². The summed E-state index contributed by atoms with van der Waals surface area (Å²) < 4.78 is 53.1. The highest BCUT2D eigenvalue weighted by Crippen LogP contribution is 2.28. The molecule has 2 rings (SSSR count). The van der Waals surface area contributed by atoms with E-state index in [-0.39, 0.29) is 5.75 Å². The summed E-state index contributed by atoms with van der Waals surface area (Å²) in [4.78, 5) is 11.6. The molecule has 0 radical (unpaired) electrons. The van der Waals surface area contributed by atoms with Gasteiger partial charge in [0.15, 0.2) is 0 Å². The Balaban J connectivity index is 2.17. The Bertz CT molecular complexity index is 521. The molecule has 0 saturated carbocycles. The number of para-hydroxylation sites is 1. The monoisotopic (exact) mass is 308 g/mol. The van der Waals surface area contributed by atoms with Gasteiger partial charge in [0.25, 0.3) is 0 Å². The molecule has 0 N–H and O–H groups in total. The van der Waals surface area contributed by atoms with Crippen LogP contribution in [0.1, 0.15) is 0 Å². The molecule has 1 aliphatic heterocycles. The molecular weight excluding hydrogens is 300 g/mol. The Hall–Kier alpha value is -1.77. The Morgan fingerprint density at radius 3 is 2.55 bits per heavy atom. The van der Waals surface area contributed by atoms with Crippen LogP contribution in [0, 0.1) is 0 Å². The van der Waals surface area contributed by atoms with Crippen LogP contribution >= 0.6 is 11.8 Å². The number of carbonyl (C=O) groups is 1. The van der Waals surface area contributed by atoms with Crippen LogP contribution < -0.4 is 5.01 Å². The molecule has 1 aromatic carbocycles. The van der Waals surface area contributed by atoms with E-state index in [9.17, 15) is 22.4 Å². The summed E-state index contributed by atoms with van der Waals surface area (Å²) in [6.45, 7) is 0. The third-order valence-corrected chi connectivity index (χ3v) is 3.01. The zero-order chi connectivity index (χ0) is 14.8. The Kier molecular flexibility index (Phi) is 4.17. The Labute approximate surface area is 115 Å². The van der Waals surface area contributed by atoms with Crippen molar-refractivity contribution in [3.8, 4) is 0 Å². The van der Waals surface area contributed by atoms with E-state index in [1.807, 2.05) is 0 Å². The van der Waals surface area contributed by atoms with Crippen molar-refractivity contribution >= 4 is 28.6 Å². The van der Waals surface area contributed by atoms with Crippen LogP contribution in [-0.4, -0.2) is 29.4 Å². The van der Waals surface area contributed by atoms with Gasteiger partial charge in [-0.15, -0.1) is 5.10 Å². The molecule has 1 unspecified atom stereocenters. The number of hydrogen-bond donors (Lipinski definition) is 0. The predicted molar refractivity (Wildman–Crippen MR) is 66.2 cm³/mol. The van der Waals surface area contributed by atoms with E-state index in [2.05, 4.69) is 9.84 Å². The molecule has 108 valence electrons. The predicted octanol–water partition coefficient (Wildman–Crippen LogP) is 3.55. The third kappa shape index (κ3) is 3.41. The molecule has 1 atom stereocenters. The topological polar surface area (TPSA) is 41.9 Å². The van der Waals surface area contributed by atoms with E-state index < -0.39 is 23.7 Å². The van der Waals surface area contributed by atoms with E-state index in [1.165, 1.54) is 0 Å². The second-order valence-electron chi connectivity index (χ2n) is 3.67. The fourth-order valence-corrected chi connectivity index (χ4v) is 1.98. The molecule has 1 aromatic rings. The molecule has 1 aliphatic rings. The molecule has 1 heterocycles. The second-order valence-corrected chi connectivity index (χ2v) is 4.60. The number of carbonyl (C=O) groups excluding carboxylic acids is 1. The zero-order valence-corrected chi connectivity index (χ0v) is 10.6. The first-order chi connectivity index (χ1) is 9.38. The number of amides is 1. The number of rotatable bonds is 2. The molecular formula is C11H8F4N2O2S. The van der Waals surface area contributed by atoms with Crippen LogP contribution in [0.3, 0.4) is 0 Å². The maximum Gasteiger partial charge on any atom is 0.457 e. The van der Waals surface area contributed by atoms with Gasteiger partial charge in [-0.2, -0.15) is 22.6 Å². The second kappa shape index (κ2) is 5.70. The molecule has 0 bridgehead atoms. The van der Waals surface area contributed by atoms with Crippen molar-refractivity contribution in [2.24, 2.45) is 5.10 Å². The minimum absolute atomic E-state index is 0.251. The van der Waals surface area contributed by atoms with Crippen LogP contribution in [0.25, 0.3) is 0 Å². The summed E-state index contributed by atoms with van der Waals surface area (Å²) >= 11 is 0.679.